The third-order valence-corrected chi connectivity index (χ3v) is 4.16. The molecule has 17 heavy (non-hydrogen) atoms. The van der Waals surface area contributed by atoms with Gasteiger partial charge in [-0.1, -0.05) is 13.0 Å². The lowest BCUT2D eigenvalue weighted by Crippen LogP contribution is -2.14. The highest BCUT2D eigenvalue weighted by Gasteiger charge is 2.15. The van der Waals surface area contributed by atoms with Crippen LogP contribution in [0.3, 0.4) is 0 Å². The predicted octanol–water partition coefficient (Wildman–Crippen LogP) is 3.22. The molecule has 0 N–H and O–H groups in total. The van der Waals surface area contributed by atoms with E-state index in [0.717, 1.165) is 9.37 Å². The fourth-order valence-electron chi connectivity index (χ4n) is 1.22. The van der Waals surface area contributed by atoms with Crippen LogP contribution in [0.15, 0.2) is 27.6 Å². The molecule has 0 aliphatic carbocycles. The fourth-order valence-corrected chi connectivity index (χ4v) is 2.84. The molecule has 3 nitrogen and oxygen atoms in total. The van der Waals surface area contributed by atoms with E-state index in [0.29, 0.717) is 11.3 Å². The third-order valence-electron chi connectivity index (χ3n) is 2.18. The fraction of sp³-hybridized carbons (Fsp3) is 0.333. The van der Waals surface area contributed by atoms with E-state index in [2.05, 4.69) is 26.7 Å². The lowest BCUT2D eigenvalue weighted by Gasteiger charge is -2.09. The van der Waals surface area contributed by atoms with Crippen LogP contribution >= 0.6 is 27.7 Å². The van der Waals surface area contributed by atoms with Crippen LogP contribution in [0.4, 0.5) is 0 Å². The Bertz CT molecular complexity index is 456. The van der Waals surface area contributed by atoms with Gasteiger partial charge in [-0.2, -0.15) is 5.26 Å². The number of ether oxygens (including phenoxy) is 1. The lowest BCUT2D eigenvalue weighted by atomic mass is 10.2. The zero-order valence-electron chi connectivity index (χ0n) is 9.57. The Labute approximate surface area is 113 Å². The zero-order chi connectivity index (χ0) is 12.8. The summed E-state index contributed by atoms with van der Waals surface area (Å²) in [5.74, 6) is 0.180. The first kappa shape index (κ1) is 14.1. The standard InChI is InChI=1S/C12H12BrNO2S/c1-8(12(15)16-2)7-17-11-5-3-4-10(13)9(11)6-14/h3-5,8H,7H2,1-2H3. The van der Waals surface area contributed by atoms with Crippen molar-refractivity contribution in [1.29, 1.82) is 5.26 Å². The summed E-state index contributed by atoms with van der Waals surface area (Å²) in [5.41, 5.74) is 0.606. The Balaban J connectivity index is 2.74. The molecular formula is C12H12BrNO2S. The molecule has 0 aromatic heterocycles. The topological polar surface area (TPSA) is 50.1 Å². The van der Waals surface area contributed by atoms with Gasteiger partial charge in [0.1, 0.15) is 6.07 Å². The summed E-state index contributed by atoms with van der Waals surface area (Å²) in [7, 11) is 1.38. The van der Waals surface area contributed by atoms with E-state index < -0.39 is 0 Å². The Kier molecular flexibility index (Phi) is 5.52. The summed E-state index contributed by atoms with van der Waals surface area (Å²) in [6, 6.07) is 7.72. The number of hydrogen-bond acceptors (Lipinski definition) is 4. The maximum atomic E-state index is 11.2. The molecule has 0 radical (unpaired) electrons. The first-order valence-electron chi connectivity index (χ1n) is 4.99. The predicted molar refractivity (Wildman–Crippen MR) is 70.8 cm³/mol. The second-order valence-corrected chi connectivity index (χ2v) is 5.38. The number of esters is 1. The molecular weight excluding hydrogens is 302 g/mol. The van der Waals surface area contributed by atoms with Gasteiger partial charge in [0.05, 0.1) is 18.6 Å². The molecule has 1 rings (SSSR count). The molecule has 1 atom stereocenters. The number of halogens is 1. The second kappa shape index (κ2) is 6.67. The minimum absolute atomic E-state index is 0.185. The van der Waals surface area contributed by atoms with Crippen LogP contribution < -0.4 is 0 Å². The Hall–Kier alpha value is -0.990. The van der Waals surface area contributed by atoms with Crippen LogP contribution in [-0.2, 0) is 9.53 Å². The molecule has 1 aromatic carbocycles. The zero-order valence-corrected chi connectivity index (χ0v) is 12.0. The van der Waals surface area contributed by atoms with Crippen molar-refractivity contribution >= 4 is 33.7 Å². The number of thioether (sulfide) groups is 1. The van der Waals surface area contributed by atoms with Crippen LogP contribution in [0.5, 0.6) is 0 Å². The van der Waals surface area contributed by atoms with Crippen LogP contribution in [0.1, 0.15) is 12.5 Å². The smallest absolute Gasteiger partial charge is 0.309 e. The van der Waals surface area contributed by atoms with Crippen molar-refractivity contribution in [3.63, 3.8) is 0 Å². The summed E-state index contributed by atoms with van der Waals surface area (Å²) < 4.78 is 5.43. The Morgan fingerprint density at radius 1 is 1.65 bits per heavy atom. The van der Waals surface area contributed by atoms with Crippen LogP contribution in [0.25, 0.3) is 0 Å². The molecule has 0 heterocycles. The highest BCUT2D eigenvalue weighted by atomic mass is 79.9. The third kappa shape index (κ3) is 3.76. The summed E-state index contributed by atoms with van der Waals surface area (Å²) in [6.07, 6.45) is 0. The molecule has 0 aliphatic rings. The van der Waals surface area contributed by atoms with Gasteiger partial charge in [0.2, 0.25) is 0 Å². The largest absolute Gasteiger partial charge is 0.469 e. The minimum Gasteiger partial charge on any atom is -0.469 e. The van der Waals surface area contributed by atoms with Gasteiger partial charge in [-0.3, -0.25) is 4.79 Å². The Morgan fingerprint density at radius 3 is 2.94 bits per heavy atom. The molecule has 1 unspecified atom stereocenters. The Morgan fingerprint density at radius 2 is 2.35 bits per heavy atom. The highest BCUT2D eigenvalue weighted by molar-refractivity contribution is 9.10. The molecule has 90 valence electrons. The van der Waals surface area contributed by atoms with E-state index in [4.69, 9.17) is 5.26 Å². The van der Waals surface area contributed by atoms with Crippen LogP contribution in [0, 0.1) is 17.2 Å². The molecule has 0 amide bonds. The monoisotopic (exact) mass is 313 g/mol. The molecule has 1 aromatic rings. The number of benzene rings is 1. The van der Waals surface area contributed by atoms with Gasteiger partial charge in [-0.15, -0.1) is 11.8 Å². The van der Waals surface area contributed by atoms with Crippen LogP contribution in [0.2, 0.25) is 0 Å². The van der Waals surface area contributed by atoms with Crippen molar-refractivity contribution in [3.8, 4) is 6.07 Å². The van der Waals surface area contributed by atoms with Gasteiger partial charge in [-0.25, -0.2) is 0 Å². The average molecular weight is 314 g/mol. The molecule has 0 aliphatic heterocycles. The SMILES string of the molecule is COC(=O)C(C)CSc1cccc(Br)c1C#N. The van der Waals surface area contributed by atoms with Gasteiger partial charge in [0, 0.05) is 15.1 Å². The number of methoxy groups -OCH3 is 1. The number of carbonyl (C=O) groups is 1. The minimum atomic E-state index is -0.231. The van der Waals surface area contributed by atoms with Crippen molar-refractivity contribution in [1.82, 2.24) is 0 Å². The van der Waals surface area contributed by atoms with E-state index >= 15 is 0 Å². The van der Waals surface area contributed by atoms with E-state index in [1.807, 2.05) is 25.1 Å². The summed E-state index contributed by atoms with van der Waals surface area (Å²) >= 11 is 4.81. The summed E-state index contributed by atoms with van der Waals surface area (Å²) in [6.45, 7) is 1.81. The highest BCUT2D eigenvalue weighted by Crippen LogP contribution is 2.29. The van der Waals surface area contributed by atoms with Crippen molar-refractivity contribution < 1.29 is 9.53 Å². The van der Waals surface area contributed by atoms with Gasteiger partial charge >= 0.3 is 5.97 Å². The first-order chi connectivity index (χ1) is 8.10. The number of nitriles is 1. The van der Waals surface area contributed by atoms with Crippen LogP contribution in [-0.4, -0.2) is 18.8 Å². The second-order valence-electron chi connectivity index (χ2n) is 3.46. The number of nitrogens with zero attached hydrogens (tertiary/aromatic N) is 1. The molecule has 0 saturated carbocycles. The van der Waals surface area contributed by atoms with E-state index in [1.165, 1.54) is 18.9 Å². The maximum absolute atomic E-state index is 11.2. The maximum Gasteiger partial charge on any atom is 0.309 e. The summed E-state index contributed by atoms with van der Waals surface area (Å²) in [4.78, 5) is 12.1. The van der Waals surface area contributed by atoms with Crippen molar-refractivity contribution in [2.45, 2.75) is 11.8 Å². The van der Waals surface area contributed by atoms with Gasteiger partial charge in [-0.05, 0) is 28.1 Å². The first-order valence-corrected chi connectivity index (χ1v) is 6.77. The lowest BCUT2D eigenvalue weighted by molar-refractivity contribution is -0.143. The number of rotatable bonds is 4. The van der Waals surface area contributed by atoms with Crippen molar-refractivity contribution in [2.24, 2.45) is 5.92 Å². The van der Waals surface area contributed by atoms with Gasteiger partial charge < -0.3 is 4.74 Å². The van der Waals surface area contributed by atoms with Gasteiger partial charge in [0.15, 0.2) is 0 Å². The molecule has 0 spiro atoms. The molecule has 0 saturated heterocycles. The average Bonchev–Trinajstić information content (AvgIpc) is 2.34. The van der Waals surface area contributed by atoms with Crippen molar-refractivity contribution in [2.75, 3.05) is 12.9 Å². The molecule has 0 fully saturated rings. The van der Waals surface area contributed by atoms with Gasteiger partial charge in [0.25, 0.3) is 0 Å². The molecule has 0 bridgehead atoms. The number of hydrogen-bond donors (Lipinski definition) is 0. The number of carbonyl (C=O) groups excluding carboxylic acids is 1. The summed E-state index contributed by atoms with van der Waals surface area (Å²) in [5, 5.41) is 9.03. The normalized spacial score (nSPS) is 11.6. The molecule has 5 heteroatoms. The quantitative estimate of drug-likeness (QED) is 0.632. The van der Waals surface area contributed by atoms with Crippen molar-refractivity contribution in [3.05, 3.63) is 28.2 Å². The van der Waals surface area contributed by atoms with E-state index in [-0.39, 0.29) is 11.9 Å². The van der Waals surface area contributed by atoms with E-state index in [9.17, 15) is 4.79 Å². The van der Waals surface area contributed by atoms with E-state index in [1.54, 1.807) is 0 Å².